The molecule has 3 rings (SSSR count). The third-order valence-electron chi connectivity index (χ3n) is 4.59. The lowest BCUT2D eigenvalue weighted by atomic mass is 9.85. The first-order valence-electron chi connectivity index (χ1n) is 8.96. The Morgan fingerprint density at radius 2 is 1.25 bits per heavy atom. The molecule has 0 aliphatic heterocycles. The van der Waals surface area contributed by atoms with E-state index in [0.717, 1.165) is 0 Å². The first-order valence-corrected chi connectivity index (χ1v) is 8.96. The van der Waals surface area contributed by atoms with Gasteiger partial charge in [-0.15, -0.1) is 0 Å². The molecule has 1 atom stereocenters. The van der Waals surface area contributed by atoms with E-state index >= 15 is 0 Å². The molecule has 0 saturated heterocycles. The van der Waals surface area contributed by atoms with Gasteiger partial charge in [-0.05, 0) is 17.7 Å². The molecule has 0 fully saturated rings. The van der Waals surface area contributed by atoms with Gasteiger partial charge in [-0.25, -0.2) is 4.79 Å². The fourth-order valence-corrected chi connectivity index (χ4v) is 3.06. The summed E-state index contributed by atoms with van der Waals surface area (Å²) in [6.45, 7) is 0. The summed E-state index contributed by atoms with van der Waals surface area (Å²) in [5.74, 6) is -1.32. The number of benzene rings is 3. The molecule has 0 spiro atoms. The van der Waals surface area contributed by atoms with Gasteiger partial charge < -0.3 is 4.74 Å². The van der Waals surface area contributed by atoms with Crippen LogP contribution in [0.3, 0.4) is 0 Å². The van der Waals surface area contributed by atoms with Crippen molar-refractivity contribution in [3.8, 4) is 0 Å². The van der Waals surface area contributed by atoms with Crippen LogP contribution in [-0.4, -0.2) is 24.6 Å². The number of hydrogen-bond acceptors (Lipinski definition) is 4. The minimum Gasteiger partial charge on any atom is -0.465 e. The van der Waals surface area contributed by atoms with E-state index in [-0.39, 0.29) is 18.0 Å². The highest BCUT2D eigenvalue weighted by Gasteiger charge is 2.25. The van der Waals surface area contributed by atoms with E-state index in [1.807, 2.05) is 12.1 Å². The molecule has 0 N–H and O–H groups in total. The summed E-state index contributed by atoms with van der Waals surface area (Å²) in [5, 5.41) is 0. The van der Waals surface area contributed by atoms with Gasteiger partial charge in [-0.2, -0.15) is 0 Å². The van der Waals surface area contributed by atoms with E-state index in [9.17, 15) is 14.4 Å². The number of esters is 1. The van der Waals surface area contributed by atoms with Crippen LogP contribution in [0.25, 0.3) is 0 Å². The molecule has 0 radical (unpaired) electrons. The zero-order valence-corrected chi connectivity index (χ0v) is 15.5. The number of Topliss-reactive ketones (excluding diaryl/α,β-unsaturated/α-hetero) is 2. The van der Waals surface area contributed by atoms with Crippen molar-refractivity contribution in [1.29, 1.82) is 0 Å². The van der Waals surface area contributed by atoms with Gasteiger partial charge >= 0.3 is 5.97 Å². The molecule has 0 aliphatic carbocycles. The lowest BCUT2D eigenvalue weighted by Gasteiger charge is -2.16. The van der Waals surface area contributed by atoms with E-state index in [1.165, 1.54) is 7.11 Å². The smallest absolute Gasteiger partial charge is 0.337 e. The number of carbonyl (C=O) groups is 3. The maximum atomic E-state index is 13.1. The predicted molar refractivity (Wildman–Crippen MR) is 107 cm³/mol. The van der Waals surface area contributed by atoms with E-state index in [0.29, 0.717) is 22.3 Å². The topological polar surface area (TPSA) is 60.4 Å². The highest BCUT2D eigenvalue weighted by molar-refractivity contribution is 6.06. The Balaban J connectivity index is 1.93. The maximum Gasteiger partial charge on any atom is 0.337 e. The van der Waals surface area contributed by atoms with Gasteiger partial charge in [0.2, 0.25) is 0 Å². The standard InChI is InChI=1S/C24H20O4/c1-28-24(27)20-14-12-17(13-15-20)21(23(26)19-10-6-3-7-11-19)16-22(25)18-8-4-2-5-9-18/h2-15,21H,16H2,1H3. The molecule has 0 aromatic heterocycles. The van der Waals surface area contributed by atoms with Crippen molar-refractivity contribution in [2.45, 2.75) is 12.3 Å². The molecule has 1 unspecified atom stereocenters. The number of carbonyl (C=O) groups excluding carboxylic acids is 3. The third-order valence-corrected chi connectivity index (χ3v) is 4.59. The Labute approximate surface area is 163 Å². The maximum absolute atomic E-state index is 13.1. The normalized spacial score (nSPS) is 11.5. The number of hydrogen-bond donors (Lipinski definition) is 0. The quantitative estimate of drug-likeness (QED) is 0.445. The fraction of sp³-hybridized carbons (Fsp3) is 0.125. The van der Waals surface area contributed by atoms with Crippen molar-refractivity contribution < 1.29 is 19.1 Å². The van der Waals surface area contributed by atoms with Crippen LogP contribution in [0.15, 0.2) is 84.9 Å². The molecular weight excluding hydrogens is 352 g/mol. The lowest BCUT2D eigenvalue weighted by molar-refractivity contribution is 0.0600. The molecule has 4 nitrogen and oxygen atoms in total. The van der Waals surface area contributed by atoms with Crippen molar-refractivity contribution >= 4 is 17.5 Å². The molecule has 28 heavy (non-hydrogen) atoms. The van der Waals surface area contributed by atoms with Crippen LogP contribution in [0.5, 0.6) is 0 Å². The highest BCUT2D eigenvalue weighted by atomic mass is 16.5. The minimum atomic E-state index is -0.637. The summed E-state index contributed by atoms with van der Waals surface area (Å²) in [7, 11) is 1.32. The average molecular weight is 372 g/mol. The number of methoxy groups -OCH3 is 1. The van der Waals surface area contributed by atoms with Crippen molar-refractivity contribution in [2.75, 3.05) is 7.11 Å². The molecule has 3 aromatic rings. The summed E-state index contributed by atoms with van der Waals surface area (Å²) in [6, 6.07) is 24.5. The lowest BCUT2D eigenvalue weighted by Crippen LogP contribution is -2.17. The van der Waals surface area contributed by atoms with Crippen molar-refractivity contribution in [2.24, 2.45) is 0 Å². The Bertz CT molecular complexity index is 961. The highest BCUT2D eigenvalue weighted by Crippen LogP contribution is 2.27. The van der Waals surface area contributed by atoms with Crippen LogP contribution >= 0.6 is 0 Å². The van der Waals surface area contributed by atoms with Crippen molar-refractivity contribution in [1.82, 2.24) is 0 Å². The van der Waals surface area contributed by atoms with Crippen molar-refractivity contribution in [3.63, 3.8) is 0 Å². The van der Waals surface area contributed by atoms with E-state index < -0.39 is 11.9 Å². The van der Waals surface area contributed by atoms with E-state index in [2.05, 4.69) is 0 Å². The van der Waals surface area contributed by atoms with Crippen LogP contribution in [-0.2, 0) is 4.74 Å². The second kappa shape index (κ2) is 8.91. The SMILES string of the molecule is COC(=O)c1ccc(C(CC(=O)c2ccccc2)C(=O)c2ccccc2)cc1. The second-order valence-electron chi connectivity index (χ2n) is 6.39. The van der Waals surface area contributed by atoms with Gasteiger partial charge in [0.15, 0.2) is 11.6 Å². The number of ether oxygens (including phenoxy) is 1. The first-order chi connectivity index (χ1) is 13.6. The predicted octanol–water partition coefficient (Wildman–Crippen LogP) is 4.71. The van der Waals surface area contributed by atoms with Crippen LogP contribution in [0, 0.1) is 0 Å². The summed E-state index contributed by atoms with van der Waals surface area (Å²) in [4.78, 5) is 37.6. The zero-order valence-electron chi connectivity index (χ0n) is 15.5. The largest absolute Gasteiger partial charge is 0.465 e. The fourth-order valence-electron chi connectivity index (χ4n) is 3.06. The zero-order chi connectivity index (χ0) is 19.9. The van der Waals surface area contributed by atoms with Gasteiger partial charge in [0.05, 0.1) is 18.6 Å². The average Bonchev–Trinajstić information content (AvgIpc) is 2.77. The Kier molecular flexibility index (Phi) is 6.12. The summed E-state index contributed by atoms with van der Waals surface area (Å²) in [6.07, 6.45) is 0.0509. The third kappa shape index (κ3) is 4.41. The van der Waals surface area contributed by atoms with Crippen LogP contribution in [0.4, 0.5) is 0 Å². The Hall–Kier alpha value is -3.53. The number of ketones is 2. The van der Waals surface area contributed by atoms with Crippen LogP contribution in [0.1, 0.15) is 49.0 Å². The van der Waals surface area contributed by atoms with Crippen LogP contribution in [0.2, 0.25) is 0 Å². The molecular formula is C24H20O4. The molecule has 140 valence electrons. The van der Waals surface area contributed by atoms with Gasteiger partial charge in [0.1, 0.15) is 0 Å². The van der Waals surface area contributed by atoms with Crippen LogP contribution < -0.4 is 0 Å². The Morgan fingerprint density at radius 1 is 0.714 bits per heavy atom. The number of rotatable bonds is 7. The van der Waals surface area contributed by atoms with E-state index in [1.54, 1.807) is 72.8 Å². The summed E-state index contributed by atoms with van der Waals surface area (Å²) >= 11 is 0. The van der Waals surface area contributed by atoms with Gasteiger partial charge in [-0.3, -0.25) is 9.59 Å². The molecule has 0 heterocycles. The van der Waals surface area contributed by atoms with E-state index in [4.69, 9.17) is 4.74 Å². The molecule has 3 aromatic carbocycles. The molecule has 0 saturated carbocycles. The van der Waals surface area contributed by atoms with Gasteiger partial charge in [0, 0.05) is 17.5 Å². The molecule has 0 amide bonds. The van der Waals surface area contributed by atoms with Crippen molar-refractivity contribution in [3.05, 3.63) is 107 Å². The Morgan fingerprint density at radius 3 is 1.79 bits per heavy atom. The molecule has 0 bridgehead atoms. The van der Waals surface area contributed by atoms with Gasteiger partial charge in [0.25, 0.3) is 0 Å². The summed E-state index contributed by atoms with van der Waals surface area (Å²) < 4.78 is 4.72. The first kappa shape index (κ1) is 19.2. The molecule has 0 aliphatic rings. The second-order valence-corrected chi connectivity index (χ2v) is 6.39. The monoisotopic (exact) mass is 372 g/mol. The van der Waals surface area contributed by atoms with Gasteiger partial charge in [-0.1, -0.05) is 72.8 Å². The molecule has 4 heteroatoms. The summed E-state index contributed by atoms with van der Waals surface area (Å²) in [5.41, 5.74) is 2.20. The minimum absolute atomic E-state index is 0.0509.